The number of nitrogens with zero attached hydrogens (tertiary/aromatic N) is 2. The highest BCUT2D eigenvalue weighted by Crippen LogP contribution is 2.34. The lowest BCUT2D eigenvalue weighted by molar-refractivity contribution is -0.140. The minimum absolute atomic E-state index is 0.00178. The molecule has 11 heteroatoms. The van der Waals surface area contributed by atoms with E-state index in [-0.39, 0.29) is 34.6 Å². The van der Waals surface area contributed by atoms with Gasteiger partial charge < -0.3 is 10.2 Å². The summed E-state index contributed by atoms with van der Waals surface area (Å²) in [6, 6.07) is 19.9. The lowest BCUT2D eigenvalue weighted by atomic mass is 10.0. The summed E-state index contributed by atoms with van der Waals surface area (Å²) in [5.74, 6) is -0.924. The van der Waals surface area contributed by atoms with Crippen LogP contribution in [0.2, 0.25) is 15.1 Å². The van der Waals surface area contributed by atoms with Crippen molar-refractivity contribution in [3.63, 3.8) is 0 Å². The molecule has 0 bridgehead atoms. The molecule has 3 rings (SSSR count). The van der Waals surface area contributed by atoms with Gasteiger partial charge in [-0.05, 0) is 41.8 Å². The molecule has 0 radical (unpaired) electrons. The zero-order valence-electron chi connectivity index (χ0n) is 22.3. The Morgan fingerprint density at radius 1 is 0.925 bits per heavy atom. The minimum Gasteiger partial charge on any atom is -0.354 e. The molecule has 0 aliphatic heterocycles. The molecule has 0 unspecified atom stereocenters. The van der Waals surface area contributed by atoms with Gasteiger partial charge >= 0.3 is 0 Å². The van der Waals surface area contributed by atoms with E-state index in [1.165, 1.54) is 17.0 Å². The highest BCUT2D eigenvalue weighted by molar-refractivity contribution is 7.92. The first kappa shape index (κ1) is 31.7. The van der Waals surface area contributed by atoms with Crippen LogP contribution in [0.4, 0.5) is 5.69 Å². The summed E-state index contributed by atoms with van der Waals surface area (Å²) in [6.45, 7) is 1.91. The molecule has 2 amide bonds. The second-order valence-electron chi connectivity index (χ2n) is 9.34. The molecule has 0 saturated carbocycles. The third-order valence-corrected chi connectivity index (χ3v) is 8.39. The SMILES string of the molecule is CCCCNC(=O)[C@@H](Cc1ccccc1)N(Cc1cccc(Cl)c1)C(=O)CN(c1cccc(Cl)c1Cl)S(C)(=O)=O. The molecule has 0 saturated heterocycles. The van der Waals surface area contributed by atoms with E-state index in [1.54, 1.807) is 30.3 Å². The van der Waals surface area contributed by atoms with Crippen LogP contribution in [-0.2, 0) is 32.6 Å². The lowest BCUT2D eigenvalue weighted by Gasteiger charge is -2.33. The van der Waals surface area contributed by atoms with Crippen molar-refractivity contribution in [2.45, 2.75) is 38.8 Å². The van der Waals surface area contributed by atoms with E-state index >= 15 is 0 Å². The third kappa shape index (κ3) is 8.86. The van der Waals surface area contributed by atoms with Crippen LogP contribution in [0.15, 0.2) is 72.8 Å². The van der Waals surface area contributed by atoms with Crippen molar-refractivity contribution in [3.05, 3.63) is 99.0 Å². The molecular formula is C29H32Cl3N3O4S. The van der Waals surface area contributed by atoms with E-state index in [0.29, 0.717) is 17.1 Å². The van der Waals surface area contributed by atoms with Crippen molar-refractivity contribution in [2.24, 2.45) is 0 Å². The maximum absolute atomic E-state index is 14.1. The largest absolute Gasteiger partial charge is 0.354 e. The molecule has 3 aromatic rings. The van der Waals surface area contributed by atoms with E-state index in [9.17, 15) is 18.0 Å². The molecule has 0 aromatic heterocycles. The second kappa shape index (κ2) is 14.7. The zero-order valence-corrected chi connectivity index (χ0v) is 25.4. The standard InChI is InChI=1S/C29H32Cl3N3O4S/c1-3-4-16-33-29(37)26(18-21-10-6-5-7-11-21)34(19-22-12-8-13-23(30)17-22)27(36)20-35(40(2,38)39)25-15-9-14-24(31)28(25)32/h5-15,17,26H,3-4,16,18-20H2,1-2H3,(H,33,37)/t26-/m1/s1. The summed E-state index contributed by atoms with van der Waals surface area (Å²) in [5, 5.41) is 3.56. The van der Waals surface area contributed by atoms with Gasteiger partial charge in [-0.2, -0.15) is 0 Å². The van der Waals surface area contributed by atoms with E-state index in [1.807, 2.05) is 37.3 Å². The Labute approximate surface area is 251 Å². The lowest BCUT2D eigenvalue weighted by Crippen LogP contribution is -2.53. The topological polar surface area (TPSA) is 86.8 Å². The molecular weight excluding hydrogens is 593 g/mol. The van der Waals surface area contributed by atoms with Gasteiger partial charge in [-0.3, -0.25) is 13.9 Å². The van der Waals surface area contributed by atoms with Crippen LogP contribution in [0.5, 0.6) is 0 Å². The second-order valence-corrected chi connectivity index (χ2v) is 12.5. The van der Waals surface area contributed by atoms with Gasteiger partial charge in [0.1, 0.15) is 12.6 Å². The summed E-state index contributed by atoms with van der Waals surface area (Å²) in [6.07, 6.45) is 2.87. The average Bonchev–Trinajstić information content (AvgIpc) is 2.91. The fraction of sp³-hybridized carbons (Fsp3) is 0.310. The summed E-state index contributed by atoms with van der Waals surface area (Å²) in [4.78, 5) is 29.0. The van der Waals surface area contributed by atoms with Crippen LogP contribution in [-0.4, -0.2) is 50.5 Å². The number of sulfonamides is 1. The Balaban J connectivity index is 2.06. The molecule has 0 fully saturated rings. The number of anilines is 1. The first-order chi connectivity index (χ1) is 19.0. The molecule has 0 spiro atoms. The molecule has 0 aliphatic carbocycles. The first-order valence-electron chi connectivity index (χ1n) is 12.8. The van der Waals surface area contributed by atoms with E-state index in [2.05, 4.69) is 5.32 Å². The van der Waals surface area contributed by atoms with E-state index in [4.69, 9.17) is 34.8 Å². The average molecular weight is 625 g/mol. The van der Waals surface area contributed by atoms with Crippen LogP contribution in [0.1, 0.15) is 30.9 Å². The third-order valence-electron chi connectivity index (χ3n) is 6.22. The van der Waals surface area contributed by atoms with E-state index in [0.717, 1.165) is 29.0 Å². The molecule has 0 aliphatic rings. The smallest absolute Gasteiger partial charge is 0.244 e. The van der Waals surface area contributed by atoms with Gasteiger partial charge in [-0.1, -0.05) is 96.7 Å². The Bertz CT molecular complexity index is 1420. The van der Waals surface area contributed by atoms with Crippen molar-refractivity contribution >= 4 is 62.3 Å². The van der Waals surface area contributed by atoms with Crippen molar-refractivity contribution in [1.82, 2.24) is 10.2 Å². The molecule has 1 atom stereocenters. The molecule has 214 valence electrons. The number of nitrogens with one attached hydrogen (secondary N) is 1. The quantitative estimate of drug-likeness (QED) is 0.238. The number of halogens is 3. The zero-order chi connectivity index (χ0) is 29.3. The Morgan fingerprint density at radius 2 is 1.60 bits per heavy atom. The summed E-state index contributed by atoms with van der Waals surface area (Å²) < 4.78 is 26.7. The van der Waals surface area contributed by atoms with Crippen LogP contribution in [0, 0.1) is 0 Å². The summed E-state index contributed by atoms with van der Waals surface area (Å²) in [5.41, 5.74) is 1.60. The van der Waals surface area contributed by atoms with Crippen LogP contribution in [0.25, 0.3) is 0 Å². The normalized spacial score (nSPS) is 12.0. The Hall–Kier alpha value is -2.78. The number of unbranched alkanes of at least 4 members (excludes halogenated alkanes) is 1. The fourth-order valence-corrected chi connectivity index (χ4v) is 5.69. The molecule has 40 heavy (non-hydrogen) atoms. The molecule has 3 aromatic carbocycles. The number of hydrogen-bond donors (Lipinski definition) is 1. The number of rotatable bonds is 13. The van der Waals surface area contributed by atoms with Gasteiger partial charge in [-0.25, -0.2) is 8.42 Å². The first-order valence-corrected chi connectivity index (χ1v) is 15.8. The minimum atomic E-state index is -3.97. The number of carbonyl (C=O) groups is 2. The number of hydrogen-bond acceptors (Lipinski definition) is 4. The Morgan fingerprint density at radius 3 is 2.25 bits per heavy atom. The van der Waals surface area contributed by atoms with Gasteiger partial charge in [0, 0.05) is 24.5 Å². The van der Waals surface area contributed by atoms with E-state index < -0.39 is 28.5 Å². The van der Waals surface area contributed by atoms with Crippen LogP contribution < -0.4 is 9.62 Å². The van der Waals surface area contributed by atoms with Crippen molar-refractivity contribution < 1.29 is 18.0 Å². The predicted molar refractivity (Wildman–Crippen MR) is 163 cm³/mol. The van der Waals surface area contributed by atoms with Crippen LogP contribution in [0.3, 0.4) is 0 Å². The van der Waals surface area contributed by atoms with Crippen molar-refractivity contribution in [2.75, 3.05) is 23.7 Å². The molecule has 1 N–H and O–H groups in total. The summed E-state index contributed by atoms with van der Waals surface area (Å²) >= 11 is 18.7. The van der Waals surface area contributed by atoms with Gasteiger partial charge in [0.2, 0.25) is 21.8 Å². The highest BCUT2D eigenvalue weighted by atomic mass is 35.5. The van der Waals surface area contributed by atoms with Crippen molar-refractivity contribution in [1.29, 1.82) is 0 Å². The maximum atomic E-state index is 14.1. The van der Waals surface area contributed by atoms with Gasteiger partial charge in [0.25, 0.3) is 0 Å². The summed E-state index contributed by atoms with van der Waals surface area (Å²) in [7, 11) is -3.97. The van der Waals surface area contributed by atoms with Gasteiger partial charge in [0.15, 0.2) is 0 Å². The van der Waals surface area contributed by atoms with Crippen LogP contribution >= 0.6 is 34.8 Å². The maximum Gasteiger partial charge on any atom is 0.244 e. The number of amides is 2. The van der Waals surface area contributed by atoms with Gasteiger partial charge in [0.05, 0.1) is 22.0 Å². The monoisotopic (exact) mass is 623 g/mol. The Kier molecular flexibility index (Phi) is 11.7. The van der Waals surface area contributed by atoms with Crippen molar-refractivity contribution in [3.8, 4) is 0 Å². The highest BCUT2D eigenvalue weighted by Gasteiger charge is 2.33. The molecule has 0 heterocycles. The number of carbonyl (C=O) groups excluding carboxylic acids is 2. The molecule has 7 nitrogen and oxygen atoms in total. The van der Waals surface area contributed by atoms with Gasteiger partial charge in [-0.15, -0.1) is 0 Å². The predicted octanol–water partition coefficient (Wildman–Crippen LogP) is 5.97. The fourth-order valence-electron chi connectivity index (χ4n) is 4.17. The number of benzene rings is 3.